The summed E-state index contributed by atoms with van der Waals surface area (Å²) in [4.78, 5) is 15.0. The fourth-order valence-electron chi connectivity index (χ4n) is 0.716. The Morgan fingerprint density at radius 2 is 2.54 bits per heavy atom. The highest BCUT2D eigenvalue weighted by atomic mass is 127. The first-order chi connectivity index (χ1) is 6.25. The average Bonchev–Trinajstić information content (AvgIpc) is 2.15. The van der Waals surface area contributed by atoms with E-state index in [4.69, 9.17) is 5.26 Å². The molecule has 1 aromatic rings. The lowest BCUT2D eigenvalue weighted by molar-refractivity contribution is 0.0553. The Hall–Kier alpha value is -1.16. The number of nitrogens with zero attached hydrogens (tertiary/aromatic N) is 2. The van der Waals surface area contributed by atoms with Crippen molar-refractivity contribution in [3.8, 4) is 6.07 Å². The van der Waals surface area contributed by atoms with Gasteiger partial charge in [-0.05, 0) is 28.7 Å². The van der Waals surface area contributed by atoms with Gasteiger partial charge in [0.2, 0.25) is 0 Å². The molecule has 0 saturated carbocycles. The van der Waals surface area contributed by atoms with Gasteiger partial charge in [-0.1, -0.05) is 0 Å². The molecule has 5 heteroatoms. The topological polar surface area (TPSA) is 63.0 Å². The molecular weight excluding hydrogens is 283 g/mol. The Kier molecular flexibility index (Phi) is 3.64. The van der Waals surface area contributed by atoms with Crippen LogP contribution in [0.3, 0.4) is 0 Å². The van der Waals surface area contributed by atoms with Crippen molar-refractivity contribution in [3.05, 3.63) is 27.6 Å². The van der Waals surface area contributed by atoms with E-state index in [0.29, 0.717) is 9.13 Å². The third kappa shape index (κ3) is 2.66. The number of esters is 1. The maximum atomic E-state index is 11.2. The Labute approximate surface area is 88.7 Å². The smallest absolute Gasteiger partial charge is 0.340 e. The van der Waals surface area contributed by atoms with Gasteiger partial charge in [0.1, 0.15) is 6.07 Å². The molecule has 1 rings (SSSR count). The van der Waals surface area contributed by atoms with Gasteiger partial charge in [0.25, 0.3) is 0 Å². The fourth-order valence-corrected chi connectivity index (χ4v) is 1.28. The van der Waals surface area contributed by atoms with Gasteiger partial charge in [-0.3, -0.25) is 4.98 Å². The Balaban J connectivity index is 2.78. The van der Waals surface area contributed by atoms with Crippen LogP contribution in [0.5, 0.6) is 0 Å². The van der Waals surface area contributed by atoms with Gasteiger partial charge in [0, 0.05) is 16.0 Å². The molecule has 66 valence electrons. The molecule has 0 bridgehead atoms. The Morgan fingerprint density at radius 3 is 3.15 bits per heavy atom. The first kappa shape index (κ1) is 9.92. The molecule has 0 fully saturated rings. The first-order valence-electron chi connectivity index (χ1n) is 3.39. The van der Waals surface area contributed by atoms with E-state index in [-0.39, 0.29) is 6.61 Å². The van der Waals surface area contributed by atoms with Crippen molar-refractivity contribution in [1.29, 1.82) is 5.26 Å². The van der Waals surface area contributed by atoms with Crippen molar-refractivity contribution in [2.75, 3.05) is 6.61 Å². The quantitative estimate of drug-likeness (QED) is 0.609. The molecule has 0 aliphatic rings. The van der Waals surface area contributed by atoms with E-state index in [0.717, 1.165) is 0 Å². The summed E-state index contributed by atoms with van der Waals surface area (Å²) >= 11 is 1.98. The van der Waals surface area contributed by atoms with Gasteiger partial charge in [-0.15, -0.1) is 0 Å². The monoisotopic (exact) mass is 288 g/mol. The molecule has 1 aromatic heterocycles. The largest absolute Gasteiger partial charge is 0.447 e. The van der Waals surface area contributed by atoms with Crippen molar-refractivity contribution in [2.45, 2.75) is 0 Å². The maximum Gasteiger partial charge on any atom is 0.340 e. The van der Waals surface area contributed by atoms with Crippen molar-refractivity contribution >= 4 is 28.6 Å². The molecule has 0 saturated heterocycles. The Morgan fingerprint density at radius 1 is 1.77 bits per heavy atom. The van der Waals surface area contributed by atoms with Gasteiger partial charge in [0.15, 0.2) is 6.61 Å². The predicted octanol–water partition coefficient (Wildman–Crippen LogP) is 1.37. The zero-order chi connectivity index (χ0) is 9.68. The van der Waals surface area contributed by atoms with Crippen molar-refractivity contribution < 1.29 is 9.53 Å². The van der Waals surface area contributed by atoms with Crippen LogP contribution in [0.4, 0.5) is 0 Å². The minimum Gasteiger partial charge on any atom is -0.447 e. The molecule has 0 aliphatic carbocycles. The molecule has 0 radical (unpaired) electrons. The number of nitriles is 1. The summed E-state index contributed by atoms with van der Waals surface area (Å²) in [6.45, 7) is -0.225. The van der Waals surface area contributed by atoms with Crippen LogP contribution in [-0.2, 0) is 4.74 Å². The second-order valence-electron chi connectivity index (χ2n) is 2.09. The van der Waals surface area contributed by atoms with Gasteiger partial charge in [-0.25, -0.2) is 4.79 Å². The summed E-state index contributed by atoms with van der Waals surface area (Å²) in [6, 6.07) is 3.28. The van der Waals surface area contributed by atoms with Crippen LogP contribution in [0, 0.1) is 14.9 Å². The summed E-state index contributed by atoms with van der Waals surface area (Å²) in [5.74, 6) is -0.492. The standard InChI is InChI=1S/C8H5IN2O2/c9-7-5-11-3-1-6(7)8(12)13-4-2-10/h1,3,5H,4H2. The molecule has 0 aromatic carbocycles. The van der Waals surface area contributed by atoms with Gasteiger partial charge >= 0.3 is 5.97 Å². The number of rotatable bonds is 2. The molecular formula is C8H5IN2O2. The molecule has 0 amide bonds. The number of ether oxygens (including phenoxy) is 1. The normalized spacial score (nSPS) is 8.92. The third-order valence-electron chi connectivity index (χ3n) is 1.26. The number of halogens is 1. The summed E-state index contributed by atoms with van der Waals surface area (Å²) in [7, 11) is 0. The fraction of sp³-hybridized carbons (Fsp3) is 0.125. The summed E-state index contributed by atoms with van der Waals surface area (Å²) in [6.07, 6.45) is 3.06. The third-order valence-corrected chi connectivity index (χ3v) is 2.12. The van der Waals surface area contributed by atoms with Crippen molar-refractivity contribution in [1.82, 2.24) is 4.98 Å². The number of aromatic nitrogens is 1. The average molecular weight is 288 g/mol. The minimum absolute atomic E-state index is 0.225. The lowest BCUT2D eigenvalue weighted by Gasteiger charge is -2.01. The second-order valence-corrected chi connectivity index (χ2v) is 3.25. The van der Waals surface area contributed by atoms with E-state index < -0.39 is 5.97 Å². The molecule has 0 aliphatic heterocycles. The van der Waals surface area contributed by atoms with Crippen LogP contribution >= 0.6 is 22.6 Å². The van der Waals surface area contributed by atoms with E-state index >= 15 is 0 Å². The highest BCUT2D eigenvalue weighted by Gasteiger charge is 2.09. The van der Waals surface area contributed by atoms with Crippen LogP contribution in [0.1, 0.15) is 10.4 Å². The highest BCUT2D eigenvalue weighted by Crippen LogP contribution is 2.10. The molecule has 0 unspecified atom stereocenters. The lowest BCUT2D eigenvalue weighted by Crippen LogP contribution is -2.07. The molecule has 1 heterocycles. The first-order valence-corrected chi connectivity index (χ1v) is 4.47. The minimum atomic E-state index is -0.492. The van der Waals surface area contributed by atoms with Crippen molar-refractivity contribution in [3.63, 3.8) is 0 Å². The lowest BCUT2D eigenvalue weighted by atomic mass is 10.3. The zero-order valence-corrected chi connectivity index (χ0v) is 8.69. The van der Waals surface area contributed by atoms with Crippen LogP contribution in [-0.4, -0.2) is 17.6 Å². The van der Waals surface area contributed by atoms with Gasteiger partial charge < -0.3 is 4.74 Å². The number of pyridine rings is 1. The molecule has 0 atom stereocenters. The zero-order valence-electron chi connectivity index (χ0n) is 6.53. The number of hydrogen-bond donors (Lipinski definition) is 0. The van der Waals surface area contributed by atoms with E-state index in [9.17, 15) is 4.79 Å². The molecule has 13 heavy (non-hydrogen) atoms. The van der Waals surface area contributed by atoms with E-state index in [1.54, 1.807) is 18.3 Å². The maximum absolute atomic E-state index is 11.2. The van der Waals surface area contributed by atoms with E-state index in [1.807, 2.05) is 22.6 Å². The van der Waals surface area contributed by atoms with Crippen molar-refractivity contribution in [2.24, 2.45) is 0 Å². The van der Waals surface area contributed by atoms with Gasteiger partial charge in [0.05, 0.1) is 5.56 Å². The number of carbonyl (C=O) groups is 1. The van der Waals surface area contributed by atoms with E-state index in [2.05, 4.69) is 9.72 Å². The van der Waals surface area contributed by atoms with Crippen LogP contribution < -0.4 is 0 Å². The Bertz CT molecular complexity index is 359. The number of carbonyl (C=O) groups excluding carboxylic acids is 1. The van der Waals surface area contributed by atoms with Gasteiger partial charge in [-0.2, -0.15) is 5.26 Å². The second kappa shape index (κ2) is 4.77. The van der Waals surface area contributed by atoms with Crippen LogP contribution in [0.25, 0.3) is 0 Å². The van der Waals surface area contributed by atoms with Crippen LogP contribution in [0.15, 0.2) is 18.5 Å². The molecule has 0 spiro atoms. The predicted molar refractivity (Wildman–Crippen MR) is 52.8 cm³/mol. The molecule has 0 N–H and O–H groups in total. The summed E-state index contributed by atoms with van der Waals surface area (Å²) < 4.78 is 5.34. The summed E-state index contributed by atoms with van der Waals surface area (Å²) in [5.41, 5.74) is 0.436. The SMILES string of the molecule is N#CCOC(=O)c1ccncc1I. The highest BCUT2D eigenvalue weighted by molar-refractivity contribution is 14.1. The molecule has 4 nitrogen and oxygen atoms in total. The number of hydrogen-bond acceptors (Lipinski definition) is 4. The summed E-state index contributed by atoms with van der Waals surface area (Å²) in [5, 5.41) is 8.19. The van der Waals surface area contributed by atoms with E-state index in [1.165, 1.54) is 6.20 Å². The van der Waals surface area contributed by atoms with Crippen LogP contribution in [0.2, 0.25) is 0 Å².